The predicted octanol–water partition coefficient (Wildman–Crippen LogP) is 3.54. The van der Waals surface area contributed by atoms with Crippen LogP contribution < -0.4 is 4.90 Å². The van der Waals surface area contributed by atoms with Gasteiger partial charge in [-0.2, -0.15) is 11.3 Å². The van der Waals surface area contributed by atoms with Gasteiger partial charge < -0.3 is 9.80 Å². The second kappa shape index (κ2) is 6.93. The summed E-state index contributed by atoms with van der Waals surface area (Å²) in [6.07, 6.45) is 1.89. The fraction of sp³-hybridized carbons (Fsp3) is 0.278. The molecule has 0 bridgehead atoms. The Labute approximate surface area is 154 Å². The van der Waals surface area contributed by atoms with Crippen LogP contribution >= 0.6 is 22.7 Å². The van der Waals surface area contributed by atoms with Crippen molar-refractivity contribution in [1.82, 2.24) is 14.9 Å². The Kier molecular flexibility index (Phi) is 4.50. The number of pyridine rings is 1. The van der Waals surface area contributed by atoms with Crippen LogP contribution in [0.1, 0.15) is 16.1 Å². The van der Waals surface area contributed by atoms with Crippen molar-refractivity contribution in [2.45, 2.75) is 6.92 Å². The molecule has 25 heavy (non-hydrogen) atoms. The number of rotatable bonds is 3. The average Bonchev–Trinajstić information content (AvgIpc) is 3.33. The molecule has 4 heterocycles. The number of piperazine rings is 1. The van der Waals surface area contributed by atoms with Gasteiger partial charge in [-0.3, -0.25) is 4.79 Å². The van der Waals surface area contributed by atoms with E-state index in [2.05, 4.69) is 20.9 Å². The average molecular weight is 371 g/mol. The topological polar surface area (TPSA) is 49.3 Å². The van der Waals surface area contributed by atoms with Crippen molar-refractivity contribution < 1.29 is 4.79 Å². The molecule has 3 aromatic rings. The van der Waals surface area contributed by atoms with Gasteiger partial charge in [-0.25, -0.2) is 9.97 Å². The fourth-order valence-electron chi connectivity index (χ4n) is 2.89. The Morgan fingerprint density at radius 3 is 2.56 bits per heavy atom. The minimum atomic E-state index is 0.128. The Morgan fingerprint density at radius 1 is 1.12 bits per heavy atom. The maximum atomic E-state index is 12.4. The lowest BCUT2D eigenvalue weighted by Crippen LogP contribution is -2.49. The van der Waals surface area contributed by atoms with E-state index in [0.717, 1.165) is 53.8 Å². The van der Waals surface area contributed by atoms with E-state index in [1.54, 1.807) is 22.7 Å². The van der Waals surface area contributed by atoms with Gasteiger partial charge in [0, 0.05) is 54.4 Å². The van der Waals surface area contributed by atoms with Crippen LogP contribution in [0.2, 0.25) is 0 Å². The molecule has 1 saturated heterocycles. The number of carbonyl (C=O) groups excluding carboxylic acids is 1. The van der Waals surface area contributed by atoms with Crippen LogP contribution in [-0.4, -0.2) is 47.0 Å². The van der Waals surface area contributed by atoms with E-state index in [9.17, 15) is 4.79 Å². The zero-order chi connectivity index (χ0) is 17.2. The zero-order valence-corrected chi connectivity index (χ0v) is 15.5. The third-order valence-electron chi connectivity index (χ3n) is 4.27. The van der Waals surface area contributed by atoms with Crippen LogP contribution in [-0.2, 0) is 0 Å². The van der Waals surface area contributed by atoms with Gasteiger partial charge in [-0.05, 0) is 30.5 Å². The van der Waals surface area contributed by atoms with Gasteiger partial charge in [0.05, 0.1) is 5.56 Å². The fourth-order valence-corrected chi connectivity index (χ4v) is 4.31. The molecule has 7 heteroatoms. The first-order valence-electron chi connectivity index (χ1n) is 8.16. The van der Waals surface area contributed by atoms with E-state index >= 15 is 0 Å². The lowest BCUT2D eigenvalue weighted by molar-refractivity contribution is 0.0747. The third-order valence-corrected chi connectivity index (χ3v) is 5.97. The van der Waals surface area contributed by atoms with E-state index in [0.29, 0.717) is 0 Å². The molecule has 0 aliphatic carbocycles. The second-order valence-corrected chi connectivity index (χ2v) is 7.63. The first-order valence-corrected chi connectivity index (χ1v) is 9.98. The van der Waals surface area contributed by atoms with Crippen molar-refractivity contribution in [3.63, 3.8) is 0 Å². The van der Waals surface area contributed by atoms with Crippen LogP contribution in [0.3, 0.4) is 0 Å². The highest BCUT2D eigenvalue weighted by molar-refractivity contribution is 7.13. The van der Waals surface area contributed by atoms with E-state index < -0.39 is 0 Å². The monoisotopic (exact) mass is 370 g/mol. The molecule has 4 rings (SSSR count). The minimum Gasteiger partial charge on any atom is -0.353 e. The standard InChI is InChI=1S/C18H18N4OS2/c1-13-11-25-17(20-13)14-2-3-16(19-10-14)21-5-7-22(8-6-21)18(23)15-4-9-24-12-15/h2-4,9-12H,5-8H2,1H3. The summed E-state index contributed by atoms with van der Waals surface area (Å²) in [5, 5.41) is 6.91. The van der Waals surface area contributed by atoms with E-state index in [1.165, 1.54) is 0 Å². The maximum Gasteiger partial charge on any atom is 0.254 e. The van der Waals surface area contributed by atoms with Crippen molar-refractivity contribution in [3.8, 4) is 10.6 Å². The number of thiazole rings is 1. The smallest absolute Gasteiger partial charge is 0.254 e. The van der Waals surface area contributed by atoms with Gasteiger partial charge in [0.15, 0.2) is 0 Å². The third kappa shape index (κ3) is 3.43. The van der Waals surface area contributed by atoms with Gasteiger partial charge in [0.1, 0.15) is 10.8 Å². The van der Waals surface area contributed by atoms with Crippen LogP contribution in [0.25, 0.3) is 10.6 Å². The zero-order valence-electron chi connectivity index (χ0n) is 13.9. The molecule has 0 spiro atoms. The molecule has 0 unspecified atom stereocenters. The van der Waals surface area contributed by atoms with E-state index in [1.807, 2.05) is 46.3 Å². The number of hydrogen-bond donors (Lipinski definition) is 0. The van der Waals surface area contributed by atoms with Crippen LogP contribution in [0.4, 0.5) is 5.82 Å². The minimum absolute atomic E-state index is 0.128. The van der Waals surface area contributed by atoms with Gasteiger partial charge in [0.25, 0.3) is 5.91 Å². The first-order chi connectivity index (χ1) is 12.2. The van der Waals surface area contributed by atoms with Gasteiger partial charge in [0.2, 0.25) is 0 Å². The predicted molar refractivity (Wildman–Crippen MR) is 103 cm³/mol. The Hall–Kier alpha value is -2.25. The molecule has 5 nitrogen and oxygen atoms in total. The van der Waals surface area contributed by atoms with Crippen molar-refractivity contribution in [3.05, 3.63) is 51.8 Å². The molecular weight excluding hydrogens is 352 g/mol. The van der Waals surface area contributed by atoms with Crippen LogP contribution in [0.5, 0.6) is 0 Å². The summed E-state index contributed by atoms with van der Waals surface area (Å²) in [5.74, 6) is 1.09. The molecule has 1 aliphatic rings. The molecule has 1 amide bonds. The number of nitrogens with zero attached hydrogens (tertiary/aromatic N) is 4. The highest BCUT2D eigenvalue weighted by Crippen LogP contribution is 2.25. The Bertz CT molecular complexity index is 850. The molecule has 0 N–H and O–H groups in total. The van der Waals surface area contributed by atoms with E-state index in [-0.39, 0.29) is 5.91 Å². The quantitative estimate of drug-likeness (QED) is 0.708. The molecule has 0 radical (unpaired) electrons. The summed E-state index contributed by atoms with van der Waals surface area (Å²) in [6.45, 7) is 5.06. The lowest BCUT2D eigenvalue weighted by atomic mass is 10.2. The summed E-state index contributed by atoms with van der Waals surface area (Å²) in [7, 11) is 0. The van der Waals surface area contributed by atoms with Crippen LogP contribution in [0, 0.1) is 6.92 Å². The highest BCUT2D eigenvalue weighted by Gasteiger charge is 2.23. The van der Waals surface area contributed by atoms with Gasteiger partial charge in [-0.15, -0.1) is 11.3 Å². The number of amides is 1. The Morgan fingerprint density at radius 2 is 1.96 bits per heavy atom. The number of thiophene rings is 1. The lowest BCUT2D eigenvalue weighted by Gasteiger charge is -2.35. The molecule has 1 aliphatic heterocycles. The van der Waals surface area contributed by atoms with Crippen molar-refractivity contribution >= 4 is 34.4 Å². The van der Waals surface area contributed by atoms with Crippen molar-refractivity contribution in [2.24, 2.45) is 0 Å². The van der Waals surface area contributed by atoms with Crippen molar-refractivity contribution in [2.75, 3.05) is 31.1 Å². The number of aromatic nitrogens is 2. The van der Waals surface area contributed by atoms with Crippen LogP contribution in [0.15, 0.2) is 40.5 Å². The molecule has 3 aromatic heterocycles. The first kappa shape index (κ1) is 16.2. The molecule has 0 aromatic carbocycles. The van der Waals surface area contributed by atoms with Crippen molar-refractivity contribution in [1.29, 1.82) is 0 Å². The summed E-state index contributed by atoms with van der Waals surface area (Å²) in [5.41, 5.74) is 2.88. The number of anilines is 1. The SMILES string of the molecule is Cc1csc(-c2ccc(N3CCN(C(=O)c4ccsc4)CC3)nc2)n1. The Balaban J connectivity index is 1.40. The molecule has 0 saturated carbocycles. The largest absolute Gasteiger partial charge is 0.353 e. The number of carbonyl (C=O) groups is 1. The van der Waals surface area contributed by atoms with Gasteiger partial charge >= 0.3 is 0 Å². The summed E-state index contributed by atoms with van der Waals surface area (Å²) >= 11 is 3.20. The molecule has 128 valence electrons. The van der Waals surface area contributed by atoms with Gasteiger partial charge in [-0.1, -0.05) is 0 Å². The maximum absolute atomic E-state index is 12.4. The summed E-state index contributed by atoms with van der Waals surface area (Å²) in [4.78, 5) is 25.6. The highest BCUT2D eigenvalue weighted by atomic mass is 32.1. The number of hydrogen-bond acceptors (Lipinski definition) is 6. The molecule has 0 atom stereocenters. The molecular formula is C18H18N4OS2. The molecule has 1 fully saturated rings. The normalized spacial score (nSPS) is 14.8. The second-order valence-electron chi connectivity index (χ2n) is 5.99. The van der Waals surface area contributed by atoms with E-state index in [4.69, 9.17) is 0 Å². The summed E-state index contributed by atoms with van der Waals surface area (Å²) in [6, 6.07) is 6.01. The number of aryl methyl sites for hydroxylation is 1. The summed E-state index contributed by atoms with van der Waals surface area (Å²) < 4.78 is 0.